The standard InChI is InChI=1S/C12H14ClNO/c13-9-12(8-4-7-11(12)14-15)10-5-2-1-3-6-10/h1-3,5-6,15H,4,7-9H2/b14-11-/t12-/m0/s1. The SMILES string of the molecule is O/N=C1/CCC[C@]1(CCl)c1ccccc1. The van der Waals surface area contributed by atoms with Crippen molar-refractivity contribution in [3.63, 3.8) is 0 Å². The molecule has 1 aliphatic rings. The predicted molar refractivity (Wildman–Crippen MR) is 61.9 cm³/mol. The van der Waals surface area contributed by atoms with Crippen molar-refractivity contribution in [3.05, 3.63) is 35.9 Å². The first-order valence-electron chi connectivity index (χ1n) is 5.16. The summed E-state index contributed by atoms with van der Waals surface area (Å²) in [7, 11) is 0. The molecule has 0 spiro atoms. The summed E-state index contributed by atoms with van der Waals surface area (Å²) < 4.78 is 0. The lowest BCUT2D eigenvalue weighted by Crippen LogP contribution is -2.33. The fourth-order valence-corrected chi connectivity index (χ4v) is 2.82. The molecule has 0 heterocycles. The maximum absolute atomic E-state index is 9.02. The molecule has 0 radical (unpaired) electrons. The Morgan fingerprint density at radius 3 is 2.67 bits per heavy atom. The van der Waals surface area contributed by atoms with E-state index in [1.165, 1.54) is 0 Å². The van der Waals surface area contributed by atoms with Crippen LogP contribution in [0.3, 0.4) is 0 Å². The van der Waals surface area contributed by atoms with Crippen molar-refractivity contribution in [3.8, 4) is 0 Å². The zero-order valence-corrected chi connectivity index (χ0v) is 9.24. The molecule has 1 fully saturated rings. The van der Waals surface area contributed by atoms with E-state index in [-0.39, 0.29) is 5.41 Å². The van der Waals surface area contributed by atoms with Crippen molar-refractivity contribution >= 4 is 17.3 Å². The molecule has 80 valence electrons. The second-order valence-electron chi connectivity index (χ2n) is 3.98. The van der Waals surface area contributed by atoms with Crippen LogP contribution in [0, 0.1) is 0 Å². The fourth-order valence-electron chi connectivity index (χ4n) is 2.38. The molecular formula is C12H14ClNO. The summed E-state index contributed by atoms with van der Waals surface area (Å²) >= 11 is 6.08. The Hall–Kier alpha value is -1.02. The van der Waals surface area contributed by atoms with E-state index in [4.69, 9.17) is 16.8 Å². The largest absolute Gasteiger partial charge is 0.411 e. The number of hydrogen-bond acceptors (Lipinski definition) is 2. The van der Waals surface area contributed by atoms with E-state index in [0.29, 0.717) is 5.88 Å². The Kier molecular flexibility index (Phi) is 2.96. The molecule has 3 heteroatoms. The summed E-state index contributed by atoms with van der Waals surface area (Å²) in [6, 6.07) is 10.1. The molecule has 1 N–H and O–H groups in total. The molecule has 2 rings (SSSR count). The molecule has 15 heavy (non-hydrogen) atoms. The van der Waals surface area contributed by atoms with E-state index < -0.39 is 0 Å². The number of rotatable bonds is 2. The van der Waals surface area contributed by atoms with Crippen LogP contribution < -0.4 is 0 Å². The smallest absolute Gasteiger partial charge is 0.0688 e. The number of hydrogen-bond donors (Lipinski definition) is 1. The minimum Gasteiger partial charge on any atom is -0.411 e. The Labute approximate surface area is 94.6 Å². The molecule has 0 amide bonds. The van der Waals surface area contributed by atoms with Gasteiger partial charge in [0.2, 0.25) is 0 Å². The van der Waals surface area contributed by atoms with Gasteiger partial charge in [0, 0.05) is 5.88 Å². The highest BCUT2D eigenvalue weighted by Crippen LogP contribution is 2.39. The summed E-state index contributed by atoms with van der Waals surface area (Å²) in [5, 5.41) is 12.4. The van der Waals surface area contributed by atoms with E-state index in [1.807, 2.05) is 18.2 Å². The normalized spacial score (nSPS) is 28.5. The van der Waals surface area contributed by atoms with Crippen LogP contribution in [0.25, 0.3) is 0 Å². The monoisotopic (exact) mass is 223 g/mol. The van der Waals surface area contributed by atoms with Crippen LogP contribution in [-0.4, -0.2) is 16.8 Å². The average molecular weight is 224 g/mol. The van der Waals surface area contributed by atoms with Crippen molar-refractivity contribution in [2.45, 2.75) is 24.7 Å². The van der Waals surface area contributed by atoms with Crippen molar-refractivity contribution in [1.29, 1.82) is 0 Å². The highest BCUT2D eigenvalue weighted by atomic mass is 35.5. The Morgan fingerprint density at radius 1 is 1.33 bits per heavy atom. The first-order valence-corrected chi connectivity index (χ1v) is 5.70. The molecule has 1 aliphatic carbocycles. The Morgan fingerprint density at radius 2 is 2.07 bits per heavy atom. The summed E-state index contributed by atoms with van der Waals surface area (Å²) in [4.78, 5) is 0. The fraction of sp³-hybridized carbons (Fsp3) is 0.417. The van der Waals surface area contributed by atoms with Gasteiger partial charge in [-0.1, -0.05) is 35.5 Å². The second-order valence-corrected chi connectivity index (χ2v) is 4.25. The Balaban J connectivity index is 2.46. The van der Waals surface area contributed by atoms with Crippen molar-refractivity contribution in [1.82, 2.24) is 0 Å². The molecule has 1 saturated carbocycles. The van der Waals surface area contributed by atoms with Gasteiger partial charge in [0.15, 0.2) is 0 Å². The van der Waals surface area contributed by atoms with Gasteiger partial charge in [-0.3, -0.25) is 0 Å². The first kappa shape index (κ1) is 10.5. The van der Waals surface area contributed by atoms with Crippen molar-refractivity contribution in [2.75, 3.05) is 5.88 Å². The third-order valence-corrected chi connectivity index (χ3v) is 3.70. The topological polar surface area (TPSA) is 32.6 Å². The van der Waals surface area contributed by atoms with Crippen LogP contribution in [-0.2, 0) is 5.41 Å². The summed E-state index contributed by atoms with van der Waals surface area (Å²) in [6.07, 6.45) is 2.86. The van der Waals surface area contributed by atoms with Gasteiger partial charge in [0.25, 0.3) is 0 Å². The minimum atomic E-state index is -0.239. The number of halogens is 1. The number of oxime groups is 1. The lowest BCUT2D eigenvalue weighted by Gasteiger charge is -2.27. The molecule has 1 aromatic carbocycles. The lowest BCUT2D eigenvalue weighted by atomic mass is 9.79. The predicted octanol–water partition coefficient (Wildman–Crippen LogP) is 3.18. The first-order chi connectivity index (χ1) is 7.33. The third kappa shape index (κ3) is 1.63. The van der Waals surface area contributed by atoms with Crippen LogP contribution in [0.4, 0.5) is 0 Å². The van der Waals surface area contributed by atoms with Gasteiger partial charge >= 0.3 is 0 Å². The summed E-state index contributed by atoms with van der Waals surface area (Å²) in [5.74, 6) is 0.483. The van der Waals surface area contributed by atoms with Gasteiger partial charge in [0.05, 0.1) is 11.1 Å². The minimum absolute atomic E-state index is 0.239. The van der Waals surface area contributed by atoms with Gasteiger partial charge < -0.3 is 5.21 Å². The van der Waals surface area contributed by atoms with E-state index >= 15 is 0 Å². The van der Waals surface area contributed by atoms with Gasteiger partial charge in [-0.25, -0.2) is 0 Å². The highest BCUT2D eigenvalue weighted by Gasteiger charge is 2.41. The molecule has 1 aromatic rings. The highest BCUT2D eigenvalue weighted by molar-refractivity contribution is 6.21. The zero-order chi connectivity index (χ0) is 10.7. The average Bonchev–Trinajstić information content (AvgIpc) is 2.74. The molecule has 0 aliphatic heterocycles. The van der Waals surface area contributed by atoms with E-state index in [1.54, 1.807) is 0 Å². The maximum Gasteiger partial charge on any atom is 0.0688 e. The van der Waals surface area contributed by atoms with Crippen molar-refractivity contribution in [2.24, 2.45) is 5.16 Å². The number of alkyl halides is 1. The molecular weight excluding hydrogens is 210 g/mol. The van der Waals surface area contributed by atoms with Crippen molar-refractivity contribution < 1.29 is 5.21 Å². The van der Waals surface area contributed by atoms with Gasteiger partial charge in [-0.05, 0) is 24.8 Å². The molecule has 1 atom stereocenters. The van der Waals surface area contributed by atoms with Gasteiger partial charge in [-0.2, -0.15) is 0 Å². The third-order valence-electron chi connectivity index (χ3n) is 3.24. The van der Waals surface area contributed by atoms with Crippen LogP contribution in [0.2, 0.25) is 0 Å². The van der Waals surface area contributed by atoms with Gasteiger partial charge in [-0.15, -0.1) is 11.6 Å². The van der Waals surface area contributed by atoms with E-state index in [0.717, 1.165) is 30.5 Å². The molecule has 0 saturated heterocycles. The van der Waals surface area contributed by atoms with Crippen LogP contribution in [0.15, 0.2) is 35.5 Å². The second kappa shape index (κ2) is 4.23. The molecule has 0 bridgehead atoms. The summed E-state index contributed by atoms with van der Waals surface area (Å²) in [5.41, 5.74) is 1.74. The van der Waals surface area contributed by atoms with Crippen LogP contribution in [0.5, 0.6) is 0 Å². The molecule has 0 aromatic heterocycles. The number of nitrogens with zero attached hydrogens (tertiary/aromatic N) is 1. The molecule has 0 unspecified atom stereocenters. The lowest BCUT2D eigenvalue weighted by molar-refractivity contribution is 0.314. The molecule has 2 nitrogen and oxygen atoms in total. The van der Waals surface area contributed by atoms with E-state index in [2.05, 4.69) is 17.3 Å². The quantitative estimate of drug-likeness (QED) is 0.466. The van der Waals surface area contributed by atoms with Gasteiger partial charge in [0.1, 0.15) is 0 Å². The summed E-state index contributed by atoms with van der Waals surface area (Å²) in [6.45, 7) is 0. The zero-order valence-electron chi connectivity index (χ0n) is 8.49. The van der Waals surface area contributed by atoms with Crippen LogP contribution >= 0.6 is 11.6 Å². The maximum atomic E-state index is 9.02. The number of benzene rings is 1. The Bertz CT molecular complexity index is 363. The van der Waals surface area contributed by atoms with E-state index in [9.17, 15) is 0 Å². The van der Waals surface area contributed by atoms with Crippen LogP contribution in [0.1, 0.15) is 24.8 Å².